The van der Waals surface area contributed by atoms with E-state index in [0.717, 1.165) is 0 Å². The van der Waals surface area contributed by atoms with Crippen molar-refractivity contribution in [1.82, 2.24) is 20.2 Å². The third kappa shape index (κ3) is 2.42. The normalized spacial score (nSPS) is 14.4. The van der Waals surface area contributed by atoms with Gasteiger partial charge in [0.1, 0.15) is 18.2 Å². The molecular formula is C6H10F3N5. The van der Waals surface area contributed by atoms with Crippen LogP contribution in [0, 0.1) is 0 Å². The summed E-state index contributed by atoms with van der Waals surface area (Å²) >= 11 is 0. The fourth-order valence-corrected chi connectivity index (χ4v) is 0.957. The molecule has 3 N–H and O–H groups in total. The largest absolute Gasteiger partial charge is 0.405 e. The molecule has 0 aliphatic rings. The molecule has 0 aliphatic heterocycles. The molecule has 0 saturated heterocycles. The van der Waals surface area contributed by atoms with Crippen molar-refractivity contribution in [2.45, 2.75) is 18.6 Å². The third-order valence-electron chi connectivity index (χ3n) is 1.79. The highest BCUT2D eigenvalue weighted by Crippen LogP contribution is 2.21. The molecule has 5 nitrogen and oxygen atoms in total. The summed E-state index contributed by atoms with van der Waals surface area (Å²) < 4.78 is 38.0. The van der Waals surface area contributed by atoms with Crippen molar-refractivity contribution in [2.24, 2.45) is 12.9 Å². The number of alkyl halides is 3. The maximum absolute atomic E-state index is 12.2. The average Bonchev–Trinajstić information content (AvgIpc) is 2.45. The Bertz CT molecular complexity index is 294. The molecule has 0 radical (unpaired) electrons. The minimum atomic E-state index is -4.39. The number of aromatic nitrogens is 3. The summed E-state index contributed by atoms with van der Waals surface area (Å²) in [5.41, 5.74) is 1.70. The van der Waals surface area contributed by atoms with Gasteiger partial charge in [-0.05, 0) is 0 Å². The van der Waals surface area contributed by atoms with Gasteiger partial charge in [-0.25, -0.2) is 10.4 Å². The first-order chi connectivity index (χ1) is 6.45. The number of nitrogens with one attached hydrogen (secondary N) is 1. The second kappa shape index (κ2) is 3.93. The number of hydrogen-bond acceptors (Lipinski definition) is 4. The minimum Gasteiger partial charge on any atom is -0.271 e. The SMILES string of the molecule is Cn1ncnc1CC(NN)C(F)(F)F. The van der Waals surface area contributed by atoms with E-state index in [4.69, 9.17) is 5.84 Å². The van der Waals surface area contributed by atoms with E-state index >= 15 is 0 Å². The molecular weight excluding hydrogens is 199 g/mol. The summed E-state index contributed by atoms with van der Waals surface area (Å²) in [6.45, 7) is 0. The van der Waals surface area contributed by atoms with E-state index in [9.17, 15) is 13.2 Å². The lowest BCUT2D eigenvalue weighted by Gasteiger charge is -2.18. The van der Waals surface area contributed by atoms with Crippen molar-refractivity contribution in [2.75, 3.05) is 0 Å². The first kappa shape index (κ1) is 10.9. The fourth-order valence-electron chi connectivity index (χ4n) is 0.957. The number of hydrazine groups is 1. The molecule has 1 aromatic rings. The van der Waals surface area contributed by atoms with Gasteiger partial charge in [0.2, 0.25) is 0 Å². The van der Waals surface area contributed by atoms with Crippen LogP contribution in [0.5, 0.6) is 0 Å². The van der Waals surface area contributed by atoms with Crippen molar-refractivity contribution in [1.29, 1.82) is 0 Å². The van der Waals surface area contributed by atoms with Gasteiger partial charge in [0.25, 0.3) is 0 Å². The number of hydrogen-bond donors (Lipinski definition) is 2. The van der Waals surface area contributed by atoms with Crippen LogP contribution in [0.4, 0.5) is 13.2 Å². The van der Waals surface area contributed by atoms with E-state index in [-0.39, 0.29) is 12.2 Å². The molecule has 1 unspecified atom stereocenters. The second-order valence-electron chi connectivity index (χ2n) is 2.76. The first-order valence-corrected chi connectivity index (χ1v) is 3.81. The van der Waals surface area contributed by atoms with E-state index in [2.05, 4.69) is 10.1 Å². The Balaban J connectivity index is 2.71. The number of halogens is 3. The van der Waals surface area contributed by atoms with Crippen molar-refractivity contribution in [3.8, 4) is 0 Å². The van der Waals surface area contributed by atoms with Crippen LogP contribution >= 0.6 is 0 Å². The van der Waals surface area contributed by atoms with Crippen molar-refractivity contribution < 1.29 is 13.2 Å². The monoisotopic (exact) mass is 209 g/mol. The molecule has 1 heterocycles. The van der Waals surface area contributed by atoms with Gasteiger partial charge in [-0.1, -0.05) is 0 Å². The fraction of sp³-hybridized carbons (Fsp3) is 0.667. The zero-order valence-corrected chi connectivity index (χ0v) is 7.41. The van der Waals surface area contributed by atoms with Crippen LogP contribution in [-0.2, 0) is 13.5 Å². The summed E-state index contributed by atoms with van der Waals surface area (Å²) in [5, 5.41) is 3.66. The van der Waals surface area contributed by atoms with Gasteiger partial charge in [0, 0.05) is 13.5 Å². The van der Waals surface area contributed by atoms with Crippen LogP contribution < -0.4 is 11.3 Å². The Kier molecular flexibility index (Phi) is 3.06. The summed E-state index contributed by atoms with van der Waals surface area (Å²) in [6, 6.07) is -1.80. The Morgan fingerprint density at radius 1 is 1.64 bits per heavy atom. The van der Waals surface area contributed by atoms with E-state index < -0.39 is 12.2 Å². The van der Waals surface area contributed by atoms with Crippen LogP contribution in [0.3, 0.4) is 0 Å². The molecule has 1 atom stereocenters. The Labute approximate surface area is 78.1 Å². The molecule has 0 fully saturated rings. The Hall–Kier alpha value is -1.15. The molecule has 1 aromatic heterocycles. The average molecular weight is 209 g/mol. The van der Waals surface area contributed by atoms with E-state index in [0.29, 0.717) is 0 Å². The lowest BCUT2D eigenvalue weighted by atomic mass is 10.2. The Morgan fingerprint density at radius 3 is 2.64 bits per heavy atom. The lowest BCUT2D eigenvalue weighted by molar-refractivity contribution is -0.156. The summed E-state index contributed by atoms with van der Waals surface area (Å²) in [6.07, 6.45) is -3.53. The van der Waals surface area contributed by atoms with E-state index in [1.807, 2.05) is 0 Å². The third-order valence-corrected chi connectivity index (χ3v) is 1.79. The molecule has 0 spiro atoms. The summed E-state index contributed by atoms with van der Waals surface area (Å²) in [4.78, 5) is 3.67. The molecule has 1 rings (SSSR count). The molecule has 0 bridgehead atoms. The number of rotatable bonds is 3. The molecule has 80 valence electrons. The number of aryl methyl sites for hydroxylation is 1. The maximum Gasteiger partial charge on any atom is 0.405 e. The van der Waals surface area contributed by atoms with Gasteiger partial charge in [-0.15, -0.1) is 0 Å². The second-order valence-corrected chi connectivity index (χ2v) is 2.76. The van der Waals surface area contributed by atoms with Gasteiger partial charge in [-0.3, -0.25) is 10.5 Å². The van der Waals surface area contributed by atoms with E-state index in [1.165, 1.54) is 18.1 Å². The van der Waals surface area contributed by atoms with E-state index in [1.54, 1.807) is 5.43 Å². The van der Waals surface area contributed by atoms with Gasteiger partial charge in [-0.2, -0.15) is 18.3 Å². The van der Waals surface area contributed by atoms with Gasteiger partial charge >= 0.3 is 6.18 Å². The number of nitrogens with two attached hydrogens (primary N) is 1. The van der Waals surface area contributed by atoms with Crippen LogP contribution in [0.15, 0.2) is 6.33 Å². The van der Waals surface area contributed by atoms with Crippen molar-refractivity contribution in [3.05, 3.63) is 12.2 Å². The van der Waals surface area contributed by atoms with Crippen molar-refractivity contribution >= 4 is 0 Å². The molecule has 8 heteroatoms. The molecule has 0 aromatic carbocycles. The topological polar surface area (TPSA) is 68.8 Å². The highest BCUT2D eigenvalue weighted by Gasteiger charge is 2.39. The quantitative estimate of drug-likeness (QED) is 0.532. The zero-order chi connectivity index (χ0) is 10.8. The van der Waals surface area contributed by atoms with Gasteiger partial charge < -0.3 is 0 Å². The Morgan fingerprint density at radius 2 is 2.29 bits per heavy atom. The molecule has 14 heavy (non-hydrogen) atoms. The van der Waals surface area contributed by atoms with Crippen LogP contribution in [0.2, 0.25) is 0 Å². The van der Waals surface area contributed by atoms with Crippen molar-refractivity contribution in [3.63, 3.8) is 0 Å². The van der Waals surface area contributed by atoms with Crippen LogP contribution in [-0.4, -0.2) is 27.0 Å². The maximum atomic E-state index is 12.2. The highest BCUT2D eigenvalue weighted by molar-refractivity contribution is 4.91. The van der Waals surface area contributed by atoms with Crippen LogP contribution in [0.1, 0.15) is 5.82 Å². The zero-order valence-electron chi connectivity index (χ0n) is 7.41. The number of nitrogens with zero attached hydrogens (tertiary/aromatic N) is 3. The van der Waals surface area contributed by atoms with Gasteiger partial charge in [0.05, 0.1) is 0 Å². The smallest absolute Gasteiger partial charge is 0.271 e. The molecule has 0 amide bonds. The predicted octanol–water partition coefficient (Wildman–Crippen LogP) is -0.248. The first-order valence-electron chi connectivity index (χ1n) is 3.81. The summed E-state index contributed by atoms with van der Waals surface area (Å²) in [7, 11) is 1.52. The molecule has 0 aliphatic carbocycles. The van der Waals surface area contributed by atoms with Crippen LogP contribution in [0.25, 0.3) is 0 Å². The van der Waals surface area contributed by atoms with Gasteiger partial charge in [0.15, 0.2) is 0 Å². The highest BCUT2D eigenvalue weighted by atomic mass is 19.4. The predicted molar refractivity (Wildman–Crippen MR) is 41.9 cm³/mol. The lowest BCUT2D eigenvalue weighted by Crippen LogP contribution is -2.47. The minimum absolute atomic E-state index is 0.227. The standard InChI is InChI=1S/C6H10F3N5/c1-14-5(11-3-12-14)2-4(13-10)6(7,8)9/h3-4,13H,2,10H2,1H3. The summed E-state index contributed by atoms with van der Waals surface area (Å²) in [5.74, 6) is 5.03. The molecule has 0 saturated carbocycles.